The van der Waals surface area contributed by atoms with Crippen molar-refractivity contribution >= 4 is 23.5 Å². The molecule has 0 bridgehead atoms. The van der Waals surface area contributed by atoms with Gasteiger partial charge in [0.05, 0.1) is 5.56 Å². The van der Waals surface area contributed by atoms with Crippen LogP contribution in [0.3, 0.4) is 0 Å². The van der Waals surface area contributed by atoms with Crippen molar-refractivity contribution < 1.29 is 9.59 Å². The average molecular weight is 395 g/mol. The van der Waals surface area contributed by atoms with Crippen molar-refractivity contribution in [3.05, 3.63) is 64.7 Å². The lowest BCUT2D eigenvalue weighted by atomic mass is 10.0. The van der Waals surface area contributed by atoms with Crippen LogP contribution >= 0.6 is 11.8 Å². The number of likely N-dealkylation sites (tertiary alicyclic amines) is 1. The van der Waals surface area contributed by atoms with E-state index >= 15 is 0 Å². The van der Waals surface area contributed by atoms with Gasteiger partial charge in [-0.3, -0.25) is 14.5 Å². The van der Waals surface area contributed by atoms with Gasteiger partial charge in [-0.2, -0.15) is 0 Å². The van der Waals surface area contributed by atoms with Gasteiger partial charge in [0.25, 0.3) is 5.91 Å². The van der Waals surface area contributed by atoms with Crippen LogP contribution in [-0.4, -0.2) is 42.0 Å². The Labute approximate surface area is 170 Å². The predicted molar refractivity (Wildman–Crippen MR) is 113 cm³/mol. The fourth-order valence-electron chi connectivity index (χ4n) is 3.98. The molecule has 1 atom stereocenters. The van der Waals surface area contributed by atoms with Crippen LogP contribution < -0.4 is 5.32 Å². The summed E-state index contributed by atoms with van der Waals surface area (Å²) < 4.78 is 0. The number of Topliss-reactive ketones (excluding diaryl/α,β-unsaturated/α-hetero) is 1. The van der Waals surface area contributed by atoms with Crippen LogP contribution in [0, 0.1) is 12.8 Å². The van der Waals surface area contributed by atoms with Gasteiger partial charge in [-0.1, -0.05) is 42.0 Å². The Morgan fingerprint density at radius 3 is 2.86 bits per heavy atom. The van der Waals surface area contributed by atoms with Crippen molar-refractivity contribution in [3.63, 3.8) is 0 Å². The second-order valence-corrected chi connectivity index (χ2v) is 8.89. The quantitative estimate of drug-likeness (QED) is 0.835. The van der Waals surface area contributed by atoms with E-state index in [0.29, 0.717) is 30.0 Å². The molecule has 1 fully saturated rings. The van der Waals surface area contributed by atoms with E-state index in [9.17, 15) is 9.59 Å². The Balaban J connectivity index is 1.32. The molecule has 0 saturated carbocycles. The molecule has 0 spiro atoms. The van der Waals surface area contributed by atoms with E-state index in [0.717, 1.165) is 36.7 Å². The maximum Gasteiger partial charge on any atom is 0.252 e. The molecule has 5 heteroatoms. The third-order valence-corrected chi connectivity index (χ3v) is 6.72. The van der Waals surface area contributed by atoms with Crippen LogP contribution in [0.5, 0.6) is 0 Å². The second-order valence-electron chi connectivity index (χ2n) is 7.79. The number of hydrogen-bond donors (Lipinski definition) is 1. The van der Waals surface area contributed by atoms with Gasteiger partial charge in [0.15, 0.2) is 5.78 Å². The Morgan fingerprint density at radius 1 is 1.21 bits per heavy atom. The normalized spacial score (nSPS) is 19.5. The number of nitrogens with zero attached hydrogens (tertiary/aromatic N) is 1. The largest absolute Gasteiger partial charge is 0.352 e. The highest BCUT2D eigenvalue weighted by Crippen LogP contribution is 2.33. The van der Waals surface area contributed by atoms with Gasteiger partial charge in [0.1, 0.15) is 0 Å². The molecule has 1 unspecified atom stereocenters. The number of aryl methyl sites for hydroxylation is 1. The van der Waals surface area contributed by atoms with Gasteiger partial charge in [0.2, 0.25) is 0 Å². The van der Waals surface area contributed by atoms with Gasteiger partial charge < -0.3 is 5.32 Å². The van der Waals surface area contributed by atoms with Gasteiger partial charge in [-0.25, -0.2) is 0 Å². The topological polar surface area (TPSA) is 49.4 Å². The van der Waals surface area contributed by atoms with E-state index in [1.54, 1.807) is 11.8 Å². The van der Waals surface area contributed by atoms with E-state index in [1.807, 2.05) is 18.2 Å². The zero-order valence-electron chi connectivity index (χ0n) is 16.2. The number of rotatable bonds is 5. The second kappa shape index (κ2) is 8.50. The van der Waals surface area contributed by atoms with Crippen molar-refractivity contribution in [2.45, 2.75) is 31.2 Å². The molecular formula is C23H26N2O2S. The van der Waals surface area contributed by atoms with Crippen LogP contribution in [0.2, 0.25) is 0 Å². The first-order valence-corrected chi connectivity index (χ1v) is 10.9. The lowest BCUT2D eigenvalue weighted by Crippen LogP contribution is -2.31. The maximum absolute atomic E-state index is 12.7. The minimum Gasteiger partial charge on any atom is -0.352 e. The summed E-state index contributed by atoms with van der Waals surface area (Å²) in [7, 11) is 0. The summed E-state index contributed by atoms with van der Waals surface area (Å²) in [6, 6.07) is 14.2. The molecule has 2 aliphatic rings. The summed E-state index contributed by atoms with van der Waals surface area (Å²) in [5.41, 5.74) is 3.97. The SMILES string of the molecule is Cc1ccc(CN2CCC(CNC(=O)c3cccc4c3SCCC4=O)C2)cc1. The molecule has 146 valence electrons. The molecule has 1 saturated heterocycles. The van der Waals surface area contributed by atoms with Crippen LogP contribution in [-0.2, 0) is 6.54 Å². The van der Waals surface area contributed by atoms with Crippen molar-refractivity contribution in [1.29, 1.82) is 0 Å². The summed E-state index contributed by atoms with van der Waals surface area (Å²) in [6.45, 7) is 5.84. The molecule has 1 amide bonds. The molecule has 4 rings (SSSR count). The average Bonchev–Trinajstić information content (AvgIpc) is 3.15. The van der Waals surface area contributed by atoms with E-state index in [2.05, 4.69) is 41.4 Å². The number of thioether (sulfide) groups is 1. The first-order chi connectivity index (χ1) is 13.6. The predicted octanol–water partition coefficient (Wildman–Crippen LogP) is 3.93. The lowest BCUT2D eigenvalue weighted by Gasteiger charge is -2.19. The lowest BCUT2D eigenvalue weighted by molar-refractivity contribution is 0.0944. The van der Waals surface area contributed by atoms with Crippen LogP contribution in [0.25, 0.3) is 0 Å². The van der Waals surface area contributed by atoms with E-state index < -0.39 is 0 Å². The fraction of sp³-hybridized carbons (Fsp3) is 0.391. The number of benzene rings is 2. The van der Waals surface area contributed by atoms with Gasteiger partial charge >= 0.3 is 0 Å². The Morgan fingerprint density at radius 2 is 2.04 bits per heavy atom. The summed E-state index contributed by atoms with van der Waals surface area (Å²) in [5.74, 6) is 1.32. The van der Waals surface area contributed by atoms with Gasteiger partial charge in [0, 0.05) is 42.3 Å². The molecule has 0 radical (unpaired) electrons. The standard InChI is InChI=1S/C23H26N2O2S/c1-16-5-7-17(8-6-16)14-25-11-9-18(15-25)13-24-23(27)20-4-2-3-19-21(26)10-12-28-22(19)20/h2-8,18H,9-15H2,1H3,(H,24,27). The third-order valence-electron chi connectivity index (χ3n) is 5.58. The number of carbonyl (C=O) groups is 2. The number of hydrogen-bond acceptors (Lipinski definition) is 4. The van der Waals surface area contributed by atoms with Crippen molar-refractivity contribution in [1.82, 2.24) is 10.2 Å². The highest BCUT2D eigenvalue weighted by atomic mass is 32.2. The van der Waals surface area contributed by atoms with Gasteiger partial charge in [-0.15, -0.1) is 11.8 Å². The molecule has 0 aromatic heterocycles. The number of fused-ring (bicyclic) bond motifs is 1. The van der Waals surface area contributed by atoms with E-state index in [1.165, 1.54) is 11.1 Å². The molecule has 2 aliphatic heterocycles. The molecule has 1 N–H and O–H groups in total. The molecule has 28 heavy (non-hydrogen) atoms. The van der Waals surface area contributed by atoms with Crippen LogP contribution in [0.1, 0.15) is 44.7 Å². The van der Waals surface area contributed by atoms with Gasteiger partial charge in [-0.05, 0) is 37.4 Å². The number of amides is 1. The monoisotopic (exact) mass is 394 g/mol. The zero-order chi connectivity index (χ0) is 19.5. The van der Waals surface area contributed by atoms with E-state index in [4.69, 9.17) is 0 Å². The maximum atomic E-state index is 12.7. The fourth-order valence-corrected chi connectivity index (χ4v) is 5.12. The first-order valence-electron chi connectivity index (χ1n) is 9.95. The number of ketones is 1. The summed E-state index contributed by atoms with van der Waals surface area (Å²) in [6.07, 6.45) is 1.66. The highest BCUT2D eigenvalue weighted by Gasteiger charge is 2.25. The summed E-state index contributed by atoms with van der Waals surface area (Å²) in [5, 5.41) is 3.11. The Bertz CT molecular complexity index is 879. The van der Waals surface area contributed by atoms with Crippen LogP contribution in [0.4, 0.5) is 0 Å². The minimum absolute atomic E-state index is 0.0592. The summed E-state index contributed by atoms with van der Waals surface area (Å²) >= 11 is 1.62. The molecule has 2 heterocycles. The Hall–Kier alpha value is -2.11. The zero-order valence-corrected chi connectivity index (χ0v) is 17.1. The highest BCUT2D eigenvalue weighted by molar-refractivity contribution is 7.99. The van der Waals surface area contributed by atoms with Crippen LogP contribution in [0.15, 0.2) is 47.4 Å². The van der Waals surface area contributed by atoms with Crippen molar-refractivity contribution in [2.24, 2.45) is 5.92 Å². The van der Waals surface area contributed by atoms with Crippen molar-refractivity contribution in [2.75, 3.05) is 25.4 Å². The summed E-state index contributed by atoms with van der Waals surface area (Å²) in [4.78, 5) is 28.1. The molecule has 2 aromatic carbocycles. The first kappa shape index (κ1) is 19.2. The smallest absolute Gasteiger partial charge is 0.252 e. The van der Waals surface area contributed by atoms with E-state index in [-0.39, 0.29) is 11.7 Å². The molecular weight excluding hydrogens is 368 g/mol. The number of nitrogens with one attached hydrogen (secondary N) is 1. The third kappa shape index (κ3) is 4.31. The Kier molecular flexibility index (Phi) is 5.83. The molecule has 0 aliphatic carbocycles. The minimum atomic E-state index is -0.0592. The number of carbonyl (C=O) groups excluding carboxylic acids is 2. The molecule has 4 nitrogen and oxygen atoms in total. The molecule has 2 aromatic rings. The van der Waals surface area contributed by atoms with Crippen molar-refractivity contribution in [3.8, 4) is 0 Å².